The largest absolute Gasteiger partial charge is 0.479 e. The van der Waals surface area contributed by atoms with Gasteiger partial charge in [0.1, 0.15) is 0 Å². The normalized spacial score (nSPS) is 12.2. The quantitative estimate of drug-likeness (QED) is 0.779. The van der Waals surface area contributed by atoms with Crippen molar-refractivity contribution < 1.29 is 9.90 Å². The van der Waals surface area contributed by atoms with Crippen LogP contribution in [-0.4, -0.2) is 21.3 Å². The number of benzene rings is 1. The predicted molar refractivity (Wildman–Crippen MR) is 81.2 cm³/mol. The van der Waals surface area contributed by atoms with E-state index < -0.39 is 12.0 Å². The molecule has 0 saturated carbocycles. The van der Waals surface area contributed by atoms with Crippen molar-refractivity contribution in [2.45, 2.75) is 19.9 Å². The van der Waals surface area contributed by atoms with Crippen molar-refractivity contribution in [1.82, 2.24) is 10.2 Å². The minimum atomic E-state index is -0.969. The molecule has 0 amide bonds. The number of H-pyrrole nitrogens is 1. The van der Waals surface area contributed by atoms with Crippen molar-refractivity contribution in [3.05, 3.63) is 44.6 Å². The maximum Gasteiger partial charge on any atom is 0.330 e. The zero-order valence-corrected chi connectivity index (χ0v) is 13.2. The van der Waals surface area contributed by atoms with Crippen molar-refractivity contribution >= 4 is 39.2 Å². The molecule has 5 nitrogen and oxygen atoms in total. The number of anilines is 1. The van der Waals surface area contributed by atoms with Gasteiger partial charge < -0.3 is 10.4 Å². The Morgan fingerprint density at radius 2 is 2.20 bits per heavy atom. The van der Waals surface area contributed by atoms with Crippen molar-refractivity contribution in [1.29, 1.82) is 0 Å². The first kappa shape index (κ1) is 14.9. The van der Waals surface area contributed by atoms with Gasteiger partial charge in [0.05, 0.1) is 10.7 Å². The van der Waals surface area contributed by atoms with Crippen LogP contribution in [0.3, 0.4) is 0 Å². The van der Waals surface area contributed by atoms with Crippen LogP contribution in [0.2, 0.25) is 5.02 Å². The summed E-state index contributed by atoms with van der Waals surface area (Å²) in [4.78, 5) is 11.5. The number of carboxylic acid groups (broad SMARTS) is 1. The van der Waals surface area contributed by atoms with Gasteiger partial charge in [-0.1, -0.05) is 11.6 Å². The smallest absolute Gasteiger partial charge is 0.330 e. The Labute approximate surface area is 129 Å². The van der Waals surface area contributed by atoms with Gasteiger partial charge in [-0.15, -0.1) is 0 Å². The molecule has 1 unspecified atom stereocenters. The Balaban J connectivity index is 2.35. The molecule has 0 radical (unpaired) electrons. The number of carboxylic acids is 1. The monoisotopic (exact) mass is 357 g/mol. The van der Waals surface area contributed by atoms with Crippen molar-refractivity contribution in [3.63, 3.8) is 0 Å². The van der Waals surface area contributed by atoms with Crippen LogP contribution in [0.1, 0.15) is 23.0 Å². The summed E-state index contributed by atoms with van der Waals surface area (Å²) in [5.41, 5.74) is 2.70. The number of halogens is 2. The SMILES string of the molecule is Cc1n[nH]c(C)c1C(Nc1ccc(Cl)c(Br)c1)C(=O)O. The molecular formula is C13H13BrClN3O2. The number of hydrogen-bond acceptors (Lipinski definition) is 3. The number of aromatic nitrogens is 2. The first-order valence-electron chi connectivity index (χ1n) is 5.86. The second-order valence-corrected chi connectivity index (χ2v) is 5.65. The third-order valence-electron chi connectivity index (χ3n) is 2.95. The summed E-state index contributed by atoms with van der Waals surface area (Å²) in [5, 5.41) is 19.8. The van der Waals surface area contributed by atoms with Crippen LogP contribution in [-0.2, 0) is 4.79 Å². The third-order valence-corrected chi connectivity index (χ3v) is 4.17. The average molecular weight is 359 g/mol. The number of carbonyl (C=O) groups is 1. The van der Waals surface area contributed by atoms with Gasteiger partial charge in [-0.3, -0.25) is 5.10 Å². The topological polar surface area (TPSA) is 78.0 Å². The number of nitrogens with one attached hydrogen (secondary N) is 2. The fourth-order valence-electron chi connectivity index (χ4n) is 1.99. The number of aromatic amines is 1. The molecule has 0 saturated heterocycles. The van der Waals surface area contributed by atoms with Gasteiger partial charge in [0, 0.05) is 21.4 Å². The Morgan fingerprint density at radius 3 is 2.70 bits per heavy atom. The number of aryl methyl sites for hydroxylation is 2. The maximum atomic E-state index is 11.5. The molecule has 0 bridgehead atoms. The highest BCUT2D eigenvalue weighted by molar-refractivity contribution is 9.10. The summed E-state index contributed by atoms with van der Waals surface area (Å²) >= 11 is 9.24. The zero-order chi connectivity index (χ0) is 14.9. The summed E-state index contributed by atoms with van der Waals surface area (Å²) in [6.45, 7) is 3.57. The van der Waals surface area contributed by atoms with Gasteiger partial charge in [0.25, 0.3) is 0 Å². The fraction of sp³-hybridized carbons (Fsp3) is 0.231. The third kappa shape index (κ3) is 2.96. The van der Waals surface area contributed by atoms with Crippen molar-refractivity contribution in [2.75, 3.05) is 5.32 Å². The molecule has 0 aliphatic heterocycles. The Bertz CT molecular complexity index is 638. The molecule has 0 fully saturated rings. The average Bonchev–Trinajstić information content (AvgIpc) is 2.70. The molecule has 20 heavy (non-hydrogen) atoms. The Morgan fingerprint density at radius 1 is 1.50 bits per heavy atom. The van der Waals surface area contributed by atoms with E-state index in [0.29, 0.717) is 26.4 Å². The van der Waals surface area contributed by atoms with E-state index in [4.69, 9.17) is 11.6 Å². The van der Waals surface area contributed by atoms with Crippen LogP contribution < -0.4 is 5.32 Å². The zero-order valence-electron chi connectivity index (χ0n) is 10.9. The lowest BCUT2D eigenvalue weighted by molar-refractivity contribution is -0.138. The number of nitrogens with zero attached hydrogens (tertiary/aromatic N) is 1. The summed E-state index contributed by atoms with van der Waals surface area (Å²) in [6.07, 6.45) is 0. The highest BCUT2D eigenvalue weighted by Crippen LogP contribution is 2.29. The summed E-state index contributed by atoms with van der Waals surface area (Å²) in [6, 6.07) is 4.29. The second-order valence-electron chi connectivity index (χ2n) is 4.39. The maximum absolute atomic E-state index is 11.5. The molecule has 0 aliphatic carbocycles. The highest BCUT2D eigenvalue weighted by Gasteiger charge is 2.25. The second kappa shape index (κ2) is 5.85. The molecule has 7 heteroatoms. The van der Waals surface area contributed by atoms with Crippen LogP contribution in [0.5, 0.6) is 0 Å². The van der Waals surface area contributed by atoms with Crippen LogP contribution >= 0.6 is 27.5 Å². The van der Waals surface area contributed by atoms with Gasteiger partial charge in [0.15, 0.2) is 6.04 Å². The van der Waals surface area contributed by atoms with E-state index in [1.54, 1.807) is 32.0 Å². The highest BCUT2D eigenvalue weighted by atomic mass is 79.9. The van der Waals surface area contributed by atoms with E-state index in [9.17, 15) is 9.90 Å². The summed E-state index contributed by atoms with van der Waals surface area (Å²) in [7, 11) is 0. The molecule has 2 aromatic rings. The summed E-state index contributed by atoms with van der Waals surface area (Å²) in [5.74, 6) is -0.969. The lowest BCUT2D eigenvalue weighted by Gasteiger charge is -2.17. The molecule has 0 spiro atoms. The van der Waals surface area contributed by atoms with Gasteiger partial charge in [0.2, 0.25) is 0 Å². The van der Waals surface area contributed by atoms with Crippen LogP contribution in [0.25, 0.3) is 0 Å². The van der Waals surface area contributed by atoms with Crippen LogP contribution in [0.15, 0.2) is 22.7 Å². The molecule has 1 heterocycles. The van der Waals surface area contributed by atoms with E-state index in [1.807, 2.05) is 0 Å². The van der Waals surface area contributed by atoms with Gasteiger partial charge >= 0.3 is 5.97 Å². The van der Waals surface area contributed by atoms with Gasteiger partial charge in [-0.2, -0.15) is 5.10 Å². The minimum Gasteiger partial charge on any atom is -0.479 e. The lowest BCUT2D eigenvalue weighted by atomic mass is 10.0. The summed E-state index contributed by atoms with van der Waals surface area (Å²) < 4.78 is 0.703. The minimum absolute atomic E-state index is 0.568. The first-order chi connectivity index (χ1) is 9.40. The molecule has 1 atom stereocenters. The fourth-order valence-corrected chi connectivity index (χ4v) is 2.49. The van der Waals surface area contributed by atoms with E-state index in [-0.39, 0.29) is 0 Å². The van der Waals surface area contributed by atoms with E-state index >= 15 is 0 Å². The standard InChI is InChI=1S/C13H13BrClN3O2/c1-6-11(7(2)18-17-6)12(13(19)20)16-8-3-4-10(15)9(14)5-8/h3-5,12,16H,1-2H3,(H,17,18)(H,19,20). The lowest BCUT2D eigenvalue weighted by Crippen LogP contribution is -2.21. The number of hydrogen-bond donors (Lipinski definition) is 3. The number of aliphatic carboxylic acids is 1. The van der Waals surface area contributed by atoms with E-state index in [1.165, 1.54) is 0 Å². The Kier molecular flexibility index (Phi) is 4.35. The molecular weight excluding hydrogens is 346 g/mol. The predicted octanol–water partition coefficient (Wildman–Crippen LogP) is 3.68. The molecule has 0 aliphatic rings. The molecule has 1 aromatic heterocycles. The van der Waals surface area contributed by atoms with Crippen molar-refractivity contribution in [2.24, 2.45) is 0 Å². The molecule has 1 aromatic carbocycles. The number of rotatable bonds is 4. The van der Waals surface area contributed by atoms with E-state index in [2.05, 4.69) is 31.4 Å². The molecule has 106 valence electrons. The van der Waals surface area contributed by atoms with Crippen molar-refractivity contribution in [3.8, 4) is 0 Å². The van der Waals surface area contributed by atoms with Gasteiger partial charge in [-0.05, 0) is 48.0 Å². The van der Waals surface area contributed by atoms with E-state index in [0.717, 1.165) is 5.69 Å². The first-order valence-corrected chi connectivity index (χ1v) is 7.03. The van der Waals surface area contributed by atoms with Gasteiger partial charge in [-0.25, -0.2) is 4.79 Å². The molecule has 2 rings (SSSR count). The molecule has 3 N–H and O–H groups in total. The van der Waals surface area contributed by atoms with Crippen LogP contribution in [0.4, 0.5) is 5.69 Å². The Hall–Kier alpha value is -1.53. The van der Waals surface area contributed by atoms with Crippen LogP contribution in [0, 0.1) is 13.8 Å².